The number of nitrogens with zero attached hydrogens (tertiary/aromatic N) is 3. The van der Waals surface area contributed by atoms with Gasteiger partial charge in [-0.2, -0.15) is 0 Å². The molecule has 3 aromatic rings. The molecule has 13 nitrogen and oxygen atoms in total. The molecular formula is C27H28ClN3O10. The lowest BCUT2D eigenvalue weighted by atomic mass is 9.68. The Morgan fingerprint density at radius 2 is 1.63 bits per heavy atom. The first kappa shape index (κ1) is 29.7. The molecule has 1 aromatic carbocycles. The third-order valence-corrected chi connectivity index (χ3v) is 7.55. The van der Waals surface area contributed by atoms with Crippen molar-refractivity contribution in [3.05, 3.63) is 69.2 Å². The van der Waals surface area contributed by atoms with Crippen LogP contribution in [0, 0.1) is 17.8 Å². The molecule has 1 saturated heterocycles. The second-order valence-electron chi connectivity index (χ2n) is 9.90. The first-order valence-corrected chi connectivity index (χ1v) is 13.1. The molecule has 0 aliphatic carbocycles. The highest BCUT2D eigenvalue weighted by Gasteiger charge is 2.48. The van der Waals surface area contributed by atoms with E-state index < -0.39 is 78.8 Å². The minimum absolute atomic E-state index is 0.0272. The van der Waals surface area contributed by atoms with Gasteiger partial charge in [0.05, 0.1) is 31.6 Å². The summed E-state index contributed by atoms with van der Waals surface area (Å²) in [6.45, 7) is 0.790. The Bertz CT molecular complexity index is 1530. The van der Waals surface area contributed by atoms with Crippen LogP contribution >= 0.6 is 11.6 Å². The number of halogens is 1. The highest BCUT2D eigenvalue weighted by molar-refractivity contribution is 6.31. The number of carboxylic acids is 3. The number of aromatic nitrogens is 3. The summed E-state index contributed by atoms with van der Waals surface area (Å²) in [5.41, 5.74) is 0.922. The van der Waals surface area contributed by atoms with Gasteiger partial charge in [0.1, 0.15) is 6.61 Å². The zero-order chi connectivity index (χ0) is 29.8. The summed E-state index contributed by atoms with van der Waals surface area (Å²) in [6, 6.07) is 9.85. The van der Waals surface area contributed by atoms with Gasteiger partial charge in [-0.15, -0.1) is 5.10 Å². The van der Waals surface area contributed by atoms with Crippen molar-refractivity contribution in [2.75, 3.05) is 6.61 Å². The Morgan fingerprint density at radius 1 is 0.976 bits per heavy atom. The fourth-order valence-corrected chi connectivity index (χ4v) is 5.65. The quantitative estimate of drug-likeness (QED) is 0.279. The molecule has 3 heterocycles. The molecule has 3 N–H and O–H groups in total. The second-order valence-corrected chi connectivity index (χ2v) is 10.3. The van der Waals surface area contributed by atoms with E-state index in [-0.39, 0.29) is 13.2 Å². The lowest BCUT2D eigenvalue weighted by Gasteiger charge is -2.46. The Morgan fingerprint density at radius 3 is 2.27 bits per heavy atom. The van der Waals surface area contributed by atoms with Crippen LogP contribution in [0.25, 0.3) is 5.65 Å². The molecule has 14 heteroatoms. The predicted octanol–water partition coefficient (Wildman–Crippen LogP) is 2.47. The van der Waals surface area contributed by atoms with E-state index in [9.17, 15) is 39.3 Å². The van der Waals surface area contributed by atoms with Gasteiger partial charge >= 0.3 is 29.6 Å². The maximum atomic E-state index is 12.8. The normalized spacial score (nSPS) is 22.3. The zero-order valence-corrected chi connectivity index (χ0v) is 22.6. The summed E-state index contributed by atoms with van der Waals surface area (Å²) in [5, 5.41) is 33.6. The molecule has 41 heavy (non-hydrogen) atoms. The average molecular weight is 590 g/mol. The van der Waals surface area contributed by atoms with Gasteiger partial charge in [0.15, 0.2) is 5.65 Å². The number of aliphatic carboxylic acids is 3. The summed E-state index contributed by atoms with van der Waals surface area (Å²) < 4.78 is 14.0. The largest absolute Gasteiger partial charge is 0.481 e. The van der Waals surface area contributed by atoms with E-state index in [0.29, 0.717) is 21.8 Å². The second kappa shape index (κ2) is 12.5. The molecular weight excluding hydrogens is 562 g/mol. The fourth-order valence-electron chi connectivity index (χ4n) is 5.47. The highest BCUT2D eigenvalue weighted by Crippen LogP contribution is 2.48. The summed E-state index contributed by atoms with van der Waals surface area (Å²) >= 11 is 6.46. The molecule has 0 bridgehead atoms. The molecule has 1 fully saturated rings. The number of hydrogen-bond acceptors (Lipinski definition) is 8. The number of carbonyl (C=O) groups excluding carboxylic acids is 1. The Balaban J connectivity index is 1.77. The lowest BCUT2D eigenvalue weighted by Crippen LogP contribution is -2.48. The van der Waals surface area contributed by atoms with Gasteiger partial charge in [0, 0.05) is 36.4 Å². The van der Waals surface area contributed by atoms with Gasteiger partial charge in [-0.05, 0) is 41.3 Å². The van der Waals surface area contributed by atoms with Crippen molar-refractivity contribution in [2.24, 2.45) is 17.8 Å². The molecule has 4 rings (SSSR count). The lowest BCUT2D eigenvalue weighted by molar-refractivity contribution is -0.189. The Hall–Kier alpha value is -4.23. The van der Waals surface area contributed by atoms with E-state index in [1.807, 2.05) is 0 Å². The zero-order valence-electron chi connectivity index (χ0n) is 21.9. The molecule has 218 valence electrons. The van der Waals surface area contributed by atoms with Crippen LogP contribution in [0.2, 0.25) is 5.02 Å². The topological polar surface area (TPSA) is 187 Å². The average Bonchev–Trinajstić information content (AvgIpc) is 3.21. The van der Waals surface area contributed by atoms with Gasteiger partial charge in [0.25, 0.3) is 0 Å². The van der Waals surface area contributed by atoms with E-state index >= 15 is 0 Å². The molecule has 0 spiro atoms. The van der Waals surface area contributed by atoms with Gasteiger partial charge < -0.3 is 24.8 Å². The number of carboxylic acid groups (broad SMARTS) is 3. The van der Waals surface area contributed by atoms with Gasteiger partial charge in [-0.1, -0.05) is 23.7 Å². The fraction of sp³-hybridized carbons (Fsp3) is 0.407. The molecule has 5 atom stereocenters. The number of pyridine rings is 1. The Kier molecular flexibility index (Phi) is 9.08. The summed E-state index contributed by atoms with van der Waals surface area (Å²) in [7, 11) is 0. The van der Waals surface area contributed by atoms with Gasteiger partial charge in [-0.3, -0.25) is 23.6 Å². The van der Waals surface area contributed by atoms with Crippen LogP contribution in [0.5, 0.6) is 0 Å². The van der Waals surface area contributed by atoms with Gasteiger partial charge in [0.2, 0.25) is 0 Å². The maximum absolute atomic E-state index is 12.8. The third-order valence-electron chi connectivity index (χ3n) is 7.18. The van der Waals surface area contributed by atoms with E-state index in [1.54, 1.807) is 42.6 Å². The number of ether oxygens (including phenoxy) is 2. The monoisotopic (exact) mass is 589 g/mol. The van der Waals surface area contributed by atoms with Crippen LogP contribution in [0.15, 0.2) is 47.4 Å². The van der Waals surface area contributed by atoms with Crippen LogP contribution in [0.1, 0.15) is 43.4 Å². The number of carbonyl (C=O) groups is 4. The number of fused-ring (bicyclic) bond motifs is 1. The minimum atomic E-state index is -1.24. The summed E-state index contributed by atoms with van der Waals surface area (Å²) in [5.74, 6) is -7.19. The van der Waals surface area contributed by atoms with Crippen molar-refractivity contribution < 1.29 is 44.0 Å². The Labute approximate surface area is 237 Å². The van der Waals surface area contributed by atoms with E-state index in [2.05, 4.69) is 5.10 Å². The van der Waals surface area contributed by atoms with Gasteiger partial charge in [-0.25, -0.2) is 9.48 Å². The molecule has 0 saturated carbocycles. The van der Waals surface area contributed by atoms with Crippen molar-refractivity contribution in [2.45, 2.75) is 44.9 Å². The number of hydrogen-bond donors (Lipinski definition) is 3. The van der Waals surface area contributed by atoms with Crippen molar-refractivity contribution in [1.29, 1.82) is 0 Å². The number of esters is 1. The maximum Gasteiger partial charge on any atom is 0.350 e. The van der Waals surface area contributed by atoms with Crippen molar-refractivity contribution in [1.82, 2.24) is 14.2 Å². The molecule has 1 unspecified atom stereocenters. The van der Waals surface area contributed by atoms with Crippen molar-refractivity contribution in [3.63, 3.8) is 0 Å². The molecule has 0 amide bonds. The van der Waals surface area contributed by atoms with Crippen LogP contribution in [0.3, 0.4) is 0 Å². The smallest absolute Gasteiger partial charge is 0.350 e. The van der Waals surface area contributed by atoms with E-state index in [4.69, 9.17) is 21.1 Å². The third kappa shape index (κ3) is 6.92. The van der Waals surface area contributed by atoms with Crippen molar-refractivity contribution >= 4 is 41.1 Å². The molecule has 0 radical (unpaired) electrons. The first-order chi connectivity index (χ1) is 19.4. The molecule has 2 aromatic heterocycles. The number of benzene rings is 1. The van der Waals surface area contributed by atoms with Crippen molar-refractivity contribution in [3.8, 4) is 0 Å². The van der Waals surface area contributed by atoms with Crippen LogP contribution in [-0.2, 0) is 35.2 Å². The van der Waals surface area contributed by atoms with Crippen LogP contribution < -0.4 is 5.69 Å². The van der Waals surface area contributed by atoms with Crippen LogP contribution in [0.4, 0.5) is 0 Å². The molecule has 1 aliphatic rings. The predicted molar refractivity (Wildman–Crippen MR) is 141 cm³/mol. The SMILES string of the molecule is CC(=O)OCC1O[C@H](c2ccc(Cl)c(Cn3nc4ccccn4c3=O)c2)[C@H](CC(=O)O)[C@@H](CC(=O)O)[C@H]1CC(=O)O. The first-order valence-electron chi connectivity index (χ1n) is 12.7. The van der Waals surface area contributed by atoms with E-state index in [0.717, 1.165) is 0 Å². The molecule has 1 aliphatic heterocycles. The summed E-state index contributed by atoms with van der Waals surface area (Å²) in [4.78, 5) is 59.9. The van der Waals surface area contributed by atoms with E-state index in [1.165, 1.54) is 16.0 Å². The van der Waals surface area contributed by atoms with Crippen LogP contribution in [-0.4, -0.2) is 66.1 Å². The highest BCUT2D eigenvalue weighted by atomic mass is 35.5. The minimum Gasteiger partial charge on any atom is -0.481 e. The standard InChI is InChI=1S/C27H28ClN3O10/c1-14(32)40-13-21-18(10-24(35)36)17(9-23(33)34)19(11-25(37)38)26(41-21)15-5-6-20(28)16(8-15)12-31-27(39)30-7-3-2-4-22(30)29-31/h2-8,17-19,21,26H,9-13H2,1H3,(H,33,34)(H,35,36)(H,37,38)/t17-,18+,19+,21?,26+/m0/s1. The number of rotatable bonds is 11. The summed E-state index contributed by atoms with van der Waals surface area (Å²) in [6.07, 6.45) is -2.03.